The quantitative estimate of drug-likeness (QED) is 0.421. The van der Waals surface area contributed by atoms with Crippen LogP contribution in [0.5, 0.6) is 11.5 Å². The maximum Gasteiger partial charge on any atom is 0.220 e. The van der Waals surface area contributed by atoms with Crippen LogP contribution in [0.4, 0.5) is 0 Å². The second-order valence-corrected chi connectivity index (χ2v) is 8.59. The predicted octanol–water partition coefficient (Wildman–Crippen LogP) is 5.22. The minimum absolute atomic E-state index is 0.0860. The number of ether oxygens (including phenoxy) is 2. The van der Waals surface area contributed by atoms with Crippen LogP contribution in [0.2, 0.25) is 4.34 Å². The summed E-state index contributed by atoms with van der Waals surface area (Å²) in [6, 6.07) is 12.4. The summed E-state index contributed by atoms with van der Waals surface area (Å²) >= 11 is 7.08. The Morgan fingerprint density at radius 3 is 2.55 bits per heavy atom. The summed E-state index contributed by atoms with van der Waals surface area (Å²) in [5.41, 5.74) is 1.87. The number of nitrogens with zero attached hydrogens (tertiary/aromatic N) is 1. The van der Waals surface area contributed by atoms with Gasteiger partial charge >= 0.3 is 0 Å². The fourth-order valence-corrected chi connectivity index (χ4v) is 3.93. The van der Waals surface area contributed by atoms with Gasteiger partial charge in [-0.15, -0.1) is 11.3 Å². The fourth-order valence-electron chi connectivity index (χ4n) is 2.92. The van der Waals surface area contributed by atoms with Crippen molar-refractivity contribution in [3.63, 3.8) is 0 Å². The van der Waals surface area contributed by atoms with Crippen molar-refractivity contribution in [2.75, 3.05) is 7.11 Å². The number of hydrogen-bond donors (Lipinski definition) is 1. The summed E-state index contributed by atoms with van der Waals surface area (Å²) in [5, 5.41) is 2.92. The molecule has 1 N–H and O–H groups in total. The van der Waals surface area contributed by atoms with Gasteiger partial charge in [0.25, 0.3) is 0 Å². The molecule has 1 aromatic carbocycles. The molecule has 3 rings (SSSR count). The lowest BCUT2D eigenvalue weighted by molar-refractivity contribution is -0.121. The van der Waals surface area contributed by atoms with Gasteiger partial charge in [0.2, 0.25) is 5.91 Å². The number of methoxy groups -OCH3 is 1. The molecule has 2 heterocycles. The molecule has 0 saturated heterocycles. The van der Waals surface area contributed by atoms with Gasteiger partial charge in [0, 0.05) is 25.2 Å². The van der Waals surface area contributed by atoms with Gasteiger partial charge in [-0.2, -0.15) is 0 Å². The molecule has 3 aromatic rings. The third-order valence-corrected chi connectivity index (χ3v) is 5.91. The molecule has 162 valence electrons. The van der Waals surface area contributed by atoms with Gasteiger partial charge < -0.3 is 14.8 Å². The smallest absolute Gasteiger partial charge is 0.220 e. The SMILES string of the molecule is COc1cc(C(C)NC(=O)CCC(=O)c2ccc(Cl)s2)ccc1OCc1ccncc1. The first-order valence-electron chi connectivity index (χ1n) is 9.74. The van der Waals surface area contributed by atoms with Gasteiger partial charge in [-0.3, -0.25) is 14.6 Å². The number of aromatic nitrogens is 1. The second-order valence-electron chi connectivity index (χ2n) is 6.87. The molecule has 0 radical (unpaired) electrons. The van der Waals surface area contributed by atoms with Crippen molar-refractivity contribution >= 4 is 34.6 Å². The Balaban J connectivity index is 1.54. The van der Waals surface area contributed by atoms with E-state index in [2.05, 4.69) is 10.3 Å². The lowest BCUT2D eigenvalue weighted by atomic mass is 10.1. The molecule has 6 nitrogen and oxygen atoms in total. The van der Waals surface area contributed by atoms with Crippen LogP contribution in [0.25, 0.3) is 0 Å². The molecule has 31 heavy (non-hydrogen) atoms. The van der Waals surface area contributed by atoms with Crippen molar-refractivity contribution in [3.05, 3.63) is 75.2 Å². The van der Waals surface area contributed by atoms with Crippen molar-refractivity contribution in [3.8, 4) is 11.5 Å². The highest BCUT2D eigenvalue weighted by Crippen LogP contribution is 2.31. The maximum absolute atomic E-state index is 12.3. The lowest BCUT2D eigenvalue weighted by Gasteiger charge is -2.17. The number of benzene rings is 1. The molecule has 0 aliphatic rings. The zero-order valence-electron chi connectivity index (χ0n) is 17.3. The summed E-state index contributed by atoms with van der Waals surface area (Å²) in [6.07, 6.45) is 3.68. The van der Waals surface area contributed by atoms with E-state index < -0.39 is 0 Å². The highest BCUT2D eigenvalue weighted by Gasteiger charge is 2.15. The van der Waals surface area contributed by atoms with Gasteiger partial charge in [0.15, 0.2) is 17.3 Å². The Kier molecular flexibility index (Phi) is 8.03. The largest absolute Gasteiger partial charge is 0.493 e. The van der Waals surface area contributed by atoms with Crippen molar-refractivity contribution in [2.24, 2.45) is 0 Å². The van der Waals surface area contributed by atoms with Crippen LogP contribution in [0.15, 0.2) is 54.9 Å². The minimum atomic E-state index is -0.248. The number of nitrogens with one attached hydrogen (secondary N) is 1. The van der Waals surface area contributed by atoms with E-state index in [-0.39, 0.29) is 30.6 Å². The monoisotopic (exact) mass is 458 g/mol. The molecule has 0 aliphatic heterocycles. The first-order valence-corrected chi connectivity index (χ1v) is 10.9. The Bertz CT molecular complexity index is 1040. The Morgan fingerprint density at radius 2 is 1.87 bits per heavy atom. The Morgan fingerprint density at radius 1 is 1.10 bits per heavy atom. The summed E-state index contributed by atoms with van der Waals surface area (Å²) in [6.45, 7) is 2.28. The number of ketones is 1. The normalized spacial score (nSPS) is 11.6. The molecule has 0 spiro atoms. The van der Waals surface area contributed by atoms with Crippen molar-refractivity contribution in [2.45, 2.75) is 32.4 Å². The molecular weight excluding hydrogens is 436 g/mol. The van der Waals surface area contributed by atoms with Gasteiger partial charge in [-0.05, 0) is 54.4 Å². The highest BCUT2D eigenvalue weighted by atomic mass is 35.5. The number of carbonyl (C=O) groups excluding carboxylic acids is 2. The van der Waals surface area contributed by atoms with E-state index in [1.165, 1.54) is 11.3 Å². The van der Waals surface area contributed by atoms with E-state index >= 15 is 0 Å². The van der Waals surface area contributed by atoms with Crippen molar-refractivity contribution in [1.29, 1.82) is 0 Å². The molecule has 1 atom stereocenters. The maximum atomic E-state index is 12.3. The third kappa shape index (κ3) is 6.54. The number of rotatable bonds is 10. The van der Waals surface area contributed by atoms with Crippen LogP contribution >= 0.6 is 22.9 Å². The van der Waals surface area contributed by atoms with Crippen LogP contribution in [0.3, 0.4) is 0 Å². The minimum Gasteiger partial charge on any atom is -0.493 e. The highest BCUT2D eigenvalue weighted by molar-refractivity contribution is 7.18. The van der Waals surface area contributed by atoms with E-state index in [4.69, 9.17) is 21.1 Å². The molecule has 0 aliphatic carbocycles. The number of amides is 1. The molecule has 0 fully saturated rings. The molecule has 1 unspecified atom stereocenters. The van der Waals surface area contributed by atoms with Gasteiger partial charge in [0.05, 0.1) is 22.4 Å². The fraction of sp³-hybridized carbons (Fsp3) is 0.261. The first-order chi connectivity index (χ1) is 15.0. The molecule has 0 saturated carbocycles. The molecule has 2 aromatic heterocycles. The summed E-state index contributed by atoms with van der Waals surface area (Å²) < 4.78 is 11.9. The summed E-state index contributed by atoms with van der Waals surface area (Å²) in [4.78, 5) is 29.0. The van der Waals surface area contributed by atoms with E-state index in [1.54, 1.807) is 31.6 Å². The zero-order valence-corrected chi connectivity index (χ0v) is 18.8. The Hall–Kier alpha value is -2.90. The topological polar surface area (TPSA) is 77.5 Å². The average molecular weight is 459 g/mol. The van der Waals surface area contributed by atoms with Crippen LogP contribution in [-0.2, 0) is 11.4 Å². The van der Waals surface area contributed by atoms with E-state index in [0.29, 0.717) is 27.3 Å². The number of halogens is 1. The van der Waals surface area contributed by atoms with Gasteiger partial charge in [-0.1, -0.05) is 17.7 Å². The second kappa shape index (κ2) is 10.9. The Labute approximate surface area is 190 Å². The van der Waals surface area contributed by atoms with Crippen LogP contribution < -0.4 is 14.8 Å². The van der Waals surface area contributed by atoms with Crippen LogP contribution in [0, 0.1) is 0 Å². The number of pyridine rings is 1. The van der Waals surface area contributed by atoms with E-state index in [1.807, 2.05) is 37.3 Å². The zero-order chi connectivity index (χ0) is 22.2. The molecule has 0 bridgehead atoms. The lowest BCUT2D eigenvalue weighted by Crippen LogP contribution is -2.26. The van der Waals surface area contributed by atoms with E-state index in [0.717, 1.165) is 11.1 Å². The number of thiophene rings is 1. The standard InChI is InChI=1S/C23H23ClN2O4S/c1-15(26-23(28)8-4-18(27)21-6-7-22(24)31-21)17-3-5-19(20(13-17)29-2)30-14-16-9-11-25-12-10-16/h3,5-7,9-13,15H,4,8,14H2,1-2H3,(H,26,28). The van der Waals surface area contributed by atoms with Gasteiger partial charge in [0.1, 0.15) is 6.61 Å². The van der Waals surface area contributed by atoms with Crippen LogP contribution in [0.1, 0.15) is 46.6 Å². The predicted molar refractivity (Wildman–Crippen MR) is 121 cm³/mol. The first kappa shape index (κ1) is 22.8. The summed E-state index contributed by atoms with van der Waals surface area (Å²) in [7, 11) is 1.57. The molecule has 8 heteroatoms. The molecule has 1 amide bonds. The van der Waals surface area contributed by atoms with Crippen LogP contribution in [-0.4, -0.2) is 23.8 Å². The van der Waals surface area contributed by atoms with Crippen molar-refractivity contribution in [1.82, 2.24) is 10.3 Å². The average Bonchev–Trinajstić information content (AvgIpc) is 3.23. The third-order valence-electron chi connectivity index (χ3n) is 4.64. The molecular formula is C23H23ClN2O4S. The summed E-state index contributed by atoms with van der Waals surface area (Å²) in [5.74, 6) is 0.914. The number of hydrogen-bond acceptors (Lipinski definition) is 6. The number of carbonyl (C=O) groups is 2. The van der Waals surface area contributed by atoms with E-state index in [9.17, 15) is 9.59 Å². The number of Topliss-reactive ketones (excluding diaryl/α,β-unsaturated/α-hetero) is 1. The van der Waals surface area contributed by atoms with Gasteiger partial charge in [-0.25, -0.2) is 0 Å². The van der Waals surface area contributed by atoms with Crippen molar-refractivity contribution < 1.29 is 19.1 Å².